The number of hydrogen-bond acceptors (Lipinski definition) is 5. The van der Waals surface area contributed by atoms with Gasteiger partial charge in [-0.05, 0) is 42.0 Å². The molecule has 1 aliphatic rings. The normalized spacial score (nSPS) is 15.9. The molecule has 0 aliphatic carbocycles. The molecule has 0 fully saturated rings. The van der Waals surface area contributed by atoms with E-state index in [0.717, 1.165) is 5.56 Å². The quantitative estimate of drug-likeness (QED) is 0.715. The van der Waals surface area contributed by atoms with Gasteiger partial charge in [0, 0.05) is 10.6 Å². The zero-order valence-electron chi connectivity index (χ0n) is 13.7. The summed E-state index contributed by atoms with van der Waals surface area (Å²) in [6.07, 6.45) is -0.106. The zero-order valence-corrected chi connectivity index (χ0v) is 15.3. The number of nitrogens with zero attached hydrogens (tertiary/aromatic N) is 4. The van der Waals surface area contributed by atoms with Crippen LogP contribution in [-0.2, 0) is 4.79 Å². The van der Waals surface area contributed by atoms with Crippen LogP contribution in [0.3, 0.4) is 0 Å². The minimum atomic E-state index is -0.930. The Morgan fingerprint density at radius 3 is 2.44 bits per heavy atom. The van der Waals surface area contributed by atoms with E-state index in [1.54, 1.807) is 41.1 Å². The predicted octanol–water partition coefficient (Wildman–Crippen LogP) is 3.94. The SMILES string of the molecule is O=C(O)C[C@@H]1Sc2nnc(-c3ccc(F)cc3)n2N=C1c1ccc(Cl)cc1. The number of carbonyl (C=O) groups is 1. The molecule has 9 heteroatoms. The van der Waals surface area contributed by atoms with E-state index in [4.69, 9.17) is 11.6 Å². The molecule has 0 bridgehead atoms. The van der Waals surface area contributed by atoms with Crippen LogP contribution in [0.15, 0.2) is 58.8 Å². The number of thioether (sulfide) groups is 1. The fourth-order valence-electron chi connectivity index (χ4n) is 2.72. The lowest BCUT2D eigenvalue weighted by Crippen LogP contribution is -2.27. The second kappa shape index (κ2) is 7.13. The van der Waals surface area contributed by atoms with Gasteiger partial charge >= 0.3 is 5.97 Å². The second-order valence-electron chi connectivity index (χ2n) is 5.82. The maximum Gasteiger partial charge on any atom is 0.304 e. The molecule has 3 aromatic rings. The van der Waals surface area contributed by atoms with Gasteiger partial charge in [0.2, 0.25) is 5.16 Å². The number of hydrogen-bond donors (Lipinski definition) is 1. The highest BCUT2D eigenvalue weighted by molar-refractivity contribution is 8.00. The van der Waals surface area contributed by atoms with Crippen molar-refractivity contribution in [3.05, 3.63) is 64.9 Å². The molecule has 0 spiro atoms. The molecule has 2 aromatic carbocycles. The summed E-state index contributed by atoms with van der Waals surface area (Å²) in [5.74, 6) is -0.822. The number of rotatable bonds is 4. The lowest BCUT2D eigenvalue weighted by Gasteiger charge is -2.22. The molecule has 0 saturated carbocycles. The third-order valence-electron chi connectivity index (χ3n) is 3.97. The van der Waals surface area contributed by atoms with Crippen molar-refractivity contribution in [1.29, 1.82) is 0 Å². The van der Waals surface area contributed by atoms with Crippen LogP contribution in [0.1, 0.15) is 12.0 Å². The molecule has 1 N–H and O–H groups in total. The average molecular weight is 403 g/mol. The first-order valence-corrected chi connectivity index (χ1v) is 9.21. The standard InChI is InChI=1S/C18H12ClFN4O2S/c19-12-5-1-10(2-6-12)16-14(9-15(25)26)27-18-22-21-17(24(18)23-16)11-3-7-13(20)8-4-11/h1-8,14H,9H2,(H,25,26)/t14-/m0/s1. The summed E-state index contributed by atoms with van der Waals surface area (Å²) in [7, 11) is 0. The van der Waals surface area contributed by atoms with Crippen LogP contribution >= 0.6 is 23.4 Å². The summed E-state index contributed by atoms with van der Waals surface area (Å²) >= 11 is 7.24. The summed E-state index contributed by atoms with van der Waals surface area (Å²) in [6, 6.07) is 12.9. The fourth-order valence-corrected chi connectivity index (χ4v) is 3.94. The third-order valence-corrected chi connectivity index (χ3v) is 5.37. The van der Waals surface area contributed by atoms with E-state index in [1.807, 2.05) is 0 Å². The predicted molar refractivity (Wildman–Crippen MR) is 101 cm³/mol. The Bertz CT molecular complexity index is 1030. The second-order valence-corrected chi connectivity index (χ2v) is 7.43. The maximum absolute atomic E-state index is 13.2. The van der Waals surface area contributed by atoms with Gasteiger partial charge in [0.25, 0.3) is 0 Å². The molecule has 0 amide bonds. The number of carboxylic acids is 1. The van der Waals surface area contributed by atoms with Crippen LogP contribution in [0.2, 0.25) is 5.02 Å². The van der Waals surface area contributed by atoms with Crippen LogP contribution in [0.4, 0.5) is 4.39 Å². The van der Waals surface area contributed by atoms with Crippen LogP contribution in [0.25, 0.3) is 11.4 Å². The lowest BCUT2D eigenvalue weighted by molar-refractivity contribution is -0.136. The largest absolute Gasteiger partial charge is 0.481 e. The van der Waals surface area contributed by atoms with Gasteiger partial charge in [-0.3, -0.25) is 4.79 Å². The van der Waals surface area contributed by atoms with Crippen molar-refractivity contribution in [2.75, 3.05) is 0 Å². The maximum atomic E-state index is 13.2. The van der Waals surface area contributed by atoms with Crippen molar-refractivity contribution >= 4 is 35.0 Å². The van der Waals surface area contributed by atoms with Gasteiger partial charge in [-0.2, -0.15) is 9.78 Å². The van der Waals surface area contributed by atoms with Crippen molar-refractivity contribution in [3.63, 3.8) is 0 Å². The molecule has 1 aliphatic heterocycles. The van der Waals surface area contributed by atoms with Crippen LogP contribution in [0.5, 0.6) is 0 Å². The Morgan fingerprint density at radius 2 is 1.78 bits per heavy atom. The Kier molecular flexibility index (Phi) is 4.67. The van der Waals surface area contributed by atoms with Gasteiger partial charge in [0.1, 0.15) is 5.82 Å². The number of aromatic nitrogens is 3. The van der Waals surface area contributed by atoms with Gasteiger partial charge < -0.3 is 5.11 Å². The number of fused-ring (bicyclic) bond motifs is 1. The van der Waals surface area contributed by atoms with Gasteiger partial charge in [0.05, 0.1) is 17.4 Å². The molecule has 6 nitrogen and oxygen atoms in total. The van der Waals surface area contributed by atoms with Gasteiger partial charge in [0.15, 0.2) is 5.82 Å². The molecule has 136 valence electrons. The van der Waals surface area contributed by atoms with E-state index in [2.05, 4.69) is 15.3 Å². The minimum Gasteiger partial charge on any atom is -0.481 e. The number of halogens is 2. The highest BCUT2D eigenvalue weighted by atomic mass is 35.5. The Morgan fingerprint density at radius 1 is 1.11 bits per heavy atom. The Labute approximate surface area is 162 Å². The number of benzene rings is 2. The summed E-state index contributed by atoms with van der Waals surface area (Å²) < 4.78 is 14.8. The van der Waals surface area contributed by atoms with Gasteiger partial charge in [-0.15, -0.1) is 10.2 Å². The van der Waals surface area contributed by atoms with Crippen molar-refractivity contribution < 1.29 is 14.3 Å². The summed E-state index contributed by atoms with van der Waals surface area (Å²) in [4.78, 5) is 11.3. The first kappa shape index (κ1) is 17.7. The van der Waals surface area contributed by atoms with Crippen LogP contribution in [-0.4, -0.2) is 36.9 Å². The summed E-state index contributed by atoms with van der Waals surface area (Å²) in [5, 5.41) is 22.8. The van der Waals surface area contributed by atoms with Gasteiger partial charge in [-0.1, -0.05) is 35.5 Å². The molecule has 2 heterocycles. The van der Waals surface area contributed by atoms with E-state index < -0.39 is 11.2 Å². The van der Waals surface area contributed by atoms with E-state index in [1.165, 1.54) is 23.9 Å². The van der Waals surface area contributed by atoms with E-state index in [-0.39, 0.29) is 12.2 Å². The zero-order chi connectivity index (χ0) is 19.0. The number of carboxylic acid groups (broad SMARTS) is 1. The first-order valence-electron chi connectivity index (χ1n) is 7.96. The molecular formula is C18H12ClFN4O2S. The highest BCUT2D eigenvalue weighted by Crippen LogP contribution is 2.34. The highest BCUT2D eigenvalue weighted by Gasteiger charge is 2.30. The smallest absolute Gasteiger partial charge is 0.304 e. The monoisotopic (exact) mass is 402 g/mol. The molecule has 1 atom stereocenters. The van der Waals surface area contributed by atoms with E-state index >= 15 is 0 Å². The van der Waals surface area contributed by atoms with Gasteiger partial charge in [-0.25, -0.2) is 4.39 Å². The molecule has 1 aromatic heterocycles. The molecule has 0 radical (unpaired) electrons. The van der Waals surface area contributed by atoms with Crippen molar-refractivity contribution in [2.45, 2.75) is 16.8 Å². The van der Waals surface area contributed by atoms with Crippen LogP contribution in [0, 0.1) is 5.82 Å². The van der Waals surface area contributed by atoms with Crippen LogP contribution < -0.4 is 0 Å². The topological polar surface area (TPSA) is 80.4 Å². The molecular weight excluding hydrogens is 391 g/mol. The molecule has 0 saturated heterocycles. The Hall–Kier alpha value is -2.71. The van der Waals surface area contributed by atoms with Crippen molar-refractivity contribution in [1.82, 2.24) is 14.9 Å². The van der Waals surface area contributed by atoms with Crippen molar-refractivity contribution in [3.8, 4) is 11.4 Å². The molecule has 27 heavy (non-hydrogen) atoms. The fraction of sp³-hybridized carbons (Fsp3) is 0.111. The summed E-state index contributed by atoms with van der Waals surface area (Å²) in [6.45, 7) is 0. The summed E-state index contributed by atoms with van der Waals surface area (Å²) in [5.41, 5.74) is 2.02. The third kappa shape index (κ3) is 3.58. The Balaban J connectivity index is 1.81. The molecule has 4 rings (SSSR count). The van der Waals surface area contributed by atoms with Crippen molar-refractivity contribution in [2.24, 2.45) is 5.10 Å². The van der Waals surface area contributed by atoms with E-state index in [9.17, 15) is 14.3 Å². The first-order chi connectivity index (χ1) is 13.0. The van der Waals surface area contributed by atoms with E-state index in [0.29, 0.717) is 27.3 Å². The minimum absolute atomic E-state index is 0.106. The molecule has 0 unspecified atom stereocenters. The lowest BCUT2D eigenvalue weighted by atomic mass is 10.1. The number of aliphatic carboxylic acids is 1. The average Bonchev–Trinajstić information content (AvgIpc) is 3.05.